The van der Waals surface area contributed by atoms with Crippen LogP contribution in [0.25, 0.3) is 10.9 Å². The summed E-state index contributed by atoms with van der Waals surface area (Å²) in [5, 5.41) is 1.24. The number of para-hydroxylation sites is 1. The highest BCUT2D eigenvalue weighted by Gasteiger charge is 2.48. The van der Waals surface area contributed by atoms with Gasteiger partial charge in [0.25, 0.3) is 0 Å². The van der Waals surface area contributed by atoms with Gasteiger partial charge in [-0.25, -0.2) is 0 Å². The number of ether oxygens (including phenoxy) is 1. The van der Waals surface area contributed by atoms with Crippen molar-refractivity contribution < 1.29 is 4.74 Å². The zero-order valence-corrected chi connectivity index (χ0v) is 19.7. The van der Waals surface area contributed by atoms with Crippen molar-refractivity contribution in [2.24, 2.45) is 11.8 Å². The molecule has 2 atom stereocenters. The number of fused-ring (bicyclic) bond motifs is 3. The van der Waals surface area contributed by atoms with Crippen molar-refractivity contribution in [3.8, 4) is 5.75 Å². The van der Waals surface area contributed by atoms with Gasteiger partial charge in [-0.2, -0.15) is 0 Å². The summed E-state index contributed by atoms with van der Waals surface area (Å²) in [5.41, 5.74) is 5.40. The molecule has 3 aliphatic rings. The Bertz CT molecular complexity index is 1140. The molecule has 2 fully saturated rings. The minimum Gasteiger partial charge on any atom is -0.497 e. The summed E-state index contributed by atoms with van der Waals surface area (Å²) < 4.78 is 6.70. The average molecular weight is 477 g/mol. The summed E-state index contributed by atoms with van der Waals surface area (Å²) in [6.07, 6.45) is 6.19. The molecule has 0 N–H and O–H groups in total. The molecule has 2 heterocycles. The lowest BCUT2D eigenvalue weighted by Gasteiger charge is -2.51. The van der Waals surface area contributed by atoms with E-state index in [1.807, 2.05) is 0 Å². The van der Waals surface area contributed by atoms with E-state index in [1.54, 1.807) is 7.11 Å². The average Bonchev–Trinajstić information content (AvgIpc) is 3.61. The van der Waals surface area contributed by atoms with Gasteiger partial charge in [0.1, 0.15) is 5.75 Å². The van der Waals surface area contributed by atoms with Crippen LogP contribution < -0.4 is 4.74 Å². The van der Waals surface area contributed by atoms with Gasteiger partial charge in [0.15, 0.2) is 0 Å². The third kappa shape index (κ3) is 3.48. The van der Waals surface area contributed by atoms with Gasteiger partial charge in [-0.3, -0.25) is 4.98 Å². The van der Waals surface area contributed by atoms with Crippen molar-refractivity contribution in [1.82, 2.24) is 9.88 Å². The van der Waals surface area contributed by atoms with Crippen molar-refractivity contribution in [3.05, 3.63) is 69.8 Å². The van der Waals surface area contributed by atoms with E-state index in [-0.39, 0.29) is 5.41 Å². The number of aromatic nitrogens is 1. The standard InChI is InChI=1S/C27H29BrN2O/c1-31-23-6-3-5-21(14-23)27-10-11-30(16-18-8-9-18)17-22(27)13-20-12-19-4-2-7-24(28)26(19)29-25(20)15-27/h2-7,12,14,18,22H,8-11,13,15-17H2,1H3/t22-,27-/m0/s1. The summed E-state index contributed by atoms with van der Waals surface area (Å²) in [6.45, 7) is 3.68. The summed E-state index contributed by atoms with van der Waals surface area (Å²) >= 11 is 3.72. The number of rotatable bonds is 4. The van der Waals surface area contributed by atoms with Gasteiger partial charge in [-0.1, -0.05) is 24.3 Å². The van der Waals surface area contributed by atoms with Crippen molar-refractivity contribution in [3.63, 3.8) is 0 Å². The molecule has 3 aromatic rings. The summed E-state index contributed by atoms with van der Waals surface area (Å²) in [6, 6.07) is 17.6. The van der Waals surface area contributed by atoms with Crippen LogP contribution in [0.1, 0.15) is 36.1 Å². The predicted molar refractivity (Wildman–Crippen MR) is 129 cm³/mol. The zero-order valence-electron chi connectivity index (χ0n) is 18.1. The maximum absolute atomic E-state index is 5.61. The van der Waals surface area contributed by atoms with Crippen LogP contribution in [-0.2, 0) is 18.3 Å². The fourth-order valence-corrected chi connectivity index (χ4v) is 6.49. The molecule has 6 rings (SSSR count). The lowest BCUT2D eigenvalue weighted by molar-refractivity contribution is 0.0777. The van der Waals surface area contributed by atoms with Crippen molar-refractivity contribution >= 4 is 26.8 Å². The predicted octanol–water partition coefficient (Wildman–Crippen LogP) is 5.77. The number of benzene rings is 2. The lowest BCUT2D eigenvalue weighted by atomic mass is 9.58. The molecule has 0 spiro atoms. The lowest BCUT2D eigenvalue weighted by Crippen LogP contribution is -2.54. The smallest absolute Gasteiger partial charge is 0.119 e. The third-order valence-corrected chi connectivity index (χ3v) is 8.55. The molecule has 31 heavy (non-hydrogen) atoms. The molecule has 1 aliphatic heterocycles. The second-order valence-electron chi connectivity index (χ2n) is 9.82. The molecule has 1 aromatic heterocycles. The van der Waals surface area contributed by atoms with E-state index in [1.165, 1.54) is 61.1 Å². The molecule has 4 heteroatoms. The van der Waals surface area contributed by atoms with Crippen LogP contribution in [0.2, 0.25) is 0 Å². The van der Waals surface area contributed by atoms with Gasteiger partial charge >= 0.3 is 0 Å². The number of pyridine rings is 1. The molecule has 2 aliphatic carbocycles. The first-order chi connectivity index (χ1) is 15.1. The Morgan fingerprint density at radius 2 is 2.03 bits per heavy atom. The zero-order chi connectivity index (χ0) is 21.0. The number of halogens is 1. The normalized spacial score (nSPS) is 25.8. The van der Waals surface area contributed by atoms with E-state index >= 15 is 0 Å². The third-order valence-electron chi connectivity index (χ3n) is 7.91. The van der Waals surface area contributed by atoms with Crippen LogP contribution in [0, 0.1) is 11.8 Å². The first-order valence-corrected chi connectivity index (χ1v) is 12.4. The van der Waals surface area contributed by atoms with Crippen LogP contribution in [0.15, 0.2) is 53.0 Å². The largest absolute Gasteiger partial charge is 0.497 e. The van der Waals surface area contributed by atoms with Gasteiger partial charge in [-0.05, 0) is 95.4 Å². The highest BCUT2D eigenvalue weighted by atomic mass is 79.9. The summed E-state index contributed by atoms with van der Waals surface area (Å²) in [5.74, 6) is 2.53. The minimum atomic E-state index is 0.142. The number of hydrogen-bond acceptors (Lipinski definition) is 3. The molecular formula is C27H29BrN2O. The van der Waals surface area contributed by atoms with Gasteiger partial charge in [0, 0.05) is 40.5 Å². The number of hydrogen-bond donors (Lipinski definition) is 0. The van der Waals surface area contributed by atoms with E-state index in [4.69, 9.17) is 9.72 Å². The Hall–Kier alpha value is -1.91. The molecule has 0 bridgehead atoms. The molecule has 0 unspecified atom stereocenters. The molecule has 1 saturated carbocycles. The van der Waals surface area contributed by atoms with Crippen LogP contribution in [0.3, 0.4) is 0 Å². The Morgan fingerprint density at radius 1 is 1.16 bits per heavy atom. The highest BCUT2D eigenvalue weighted by molar-refractivity contribution is 9.10. The second-order valence-corrected chi connectivity index (χ2v) is 10.7. The number of piperidine rings is 1. The van der Waals surface area contributed by atoms with Crippen LogP contribution in [0.4, 0.5) is 0 Å². The van der Waals surface area contributed by atoms with Crippen molar-refractivity contribution in [2.75, 3.05) is 26.7 Å². The van der Waals surface area contributed by atoms with Crippen LogP contribution >= 0.6 is 15.9 Å². The van der Waals surface area contributed by atoms with E-state index in [0.29, 0.717) is 5.92 Å². The Balaban J connectivity index is 1.44. The Labute approximate surface area is 192 Å². The number of nitrogens with zero attached hydrogens (tertiary/aromatic N) is 2. The van der Waals surface area contributed by atoms with E-state index in [0.717, 1.165) is 34.5 Å². The molecule has 0 amide bonds. The van der Waals surface area contributed by atoms with Gasteiger partial charge in [-0.15, -0.1) is 0 Å². The fourth-order valence-electron chi connectivity index (χ4n) is 6.02. The summed E-state index contributed by atoms with van der Waals surface area (Å²) in [7, 11) is 1.77. The Kier molecular flexibility index (Phi) is 4.84. The van der Waals surface area contributed by atoms with Crippen molar-refractivity contribution in [1.29, 1.82) is 0 Å². The molecule has 160 valence electrons. The van der Waals surface area contributed by atoms with E-state index in [9.17, 15) is 0 Å². The quantitative estimate of drug-likeness (QED) is 0.477. The Morgan fingerprint density at radius 3 is 2.87 bits per heavy atom. The fraction of sp³-hybridized carbons (Fsp3) is 0.444. The maximum Gasteiger partial charge on any atom is 0.119 e. The first kappa shape index (κ1) is 19.8. The number of likely N-dealkylation sites (tertiary alicyclic amines) is 1. The molecular weight excluding hydrogens is 448 g/mol. The van der Waals surface area contributed by atoms with E-state index < -0.39 is 0 Å². The van der Waals surface area contributed by atoms with Crippen molar-refractivity contribution in [2.45, 2.75) is 37.5 Å². The number of methoxy groups -OCH3 is 1. The molecule has 1 saturated heterocycles. The topological polar surface area (TPSA) is 25.4 Å². The maximum atomic E-state index is 5.61. The first-order valence-electron chi connectivity index (χ1n) is 11.6. The summed E-state index contributed by atoms with van der Waals surface area (Å²) in [4.78, 5) is 7.95. The molecule has 3 nitrogen and oxygen atoms in total. The SMILES string of the molecule is COc1cccc([C@@]23CCN(CC4CC4)C[C@@H]2Cc2cc4cccc(Br)c4nc2C3)c1. The second kappa shape index (κ2) is 7.60. The van der Waals surface area contributed by atoms with Gasteiger partial charge in [0.2, 0.25) is 0 Å². The highest BCUT2D eigenvalue weighted by Crippen LogP contribution is 2.49. The van der Waals surface area contributed by atoms with Crippen LogP contribution in [0.5, 0.6) is 5.75 Å². The van der Waals surface area contributed by atoms with E-state index in [2.05, 4.69) is 69.4 Å². The van der Waals surface area contributed by atoms with Gasteiger partial charge in [0.05, 0.1) is 12.6 Å². The minimum absolute atomic E-state index is 0.142. The molecule has 2 aromatic carbocycles. The van der Waals surface area contributed by atoms with Crippen LogP contribution in [-0.4, -0.2) is 36.6 Å². The monoisotopic (exact) mass is 476 g/mol. The van der Waals surface area contributed by atoms with Gasteiger partial charge < -0.3 is 9.64 Å². The molecule has 0 radical (unpaired) electrons.